The van der Waals surface area contributed by atoms with Gasteiger partial charge in [-0.1, -0.05) is 25.1 Å². The number of hydrogen-bond acceptors (Lipinski definition) is 3. The summed E-state index contributed by atoms with van der Waals surface area (Å²) >= 11 is 1.97. The molecule has 0 aliphatic rings. The summed E-state index contributed by atoms with van der Waals surface area (Å²) in [6, 6.07) is 8.20. The fourth-order valence-corrected chi connectivity index (χ4v) is 2.67. The molecule has 0 heterocycles. The summed E-state index contributed by atoms with van der Waals surface area (Å²) in [6.07, 6.45) is 1.16. The smallest absolute Gasteiger partial charge is 0.120 e. The third kappa shape index (κ3) is 5.00. The minimum atomic E-state index is 0.192. The minimum Gasteiger partial charge on any atom is -0.508 e. The molecule has 1 rings (SSSR count). The van der Waals surface area contributed by atoms with Crippen molar-refractivity contribution < 1.29 is 5.11 Å². The van der Waals surface area contributed by atoms with Crippen LogP contribution in [-0.2, 0) is 0 Å². The largest absolute Gasteiger partial charge is 0.508 e. The minimum absolute atomic E-state index is 0.192. The highest BCUT2D eigenvalue weighted by molar-refractivity contribution is 7.99. The van der Waals surface area contributed by atoms with Crippen LogP contribution >= 0.6 is 11.8 Å². The van der Waals surface area contributed by atoms with E-state index < -0.39 is 0 Å². The first kappa shape index (κ1) is 14.4. The van der Waals surface area contributed by atoms with Crippen molar-refractivity contribution in [2.24, 2.45) is 0 Å². The SMILES string of the molecule is CCSCCC(C)NC(C)c1ccccc1O. The predicted molar refractivity (Wildman–Crippen MR) is 76.7 cm³/mol. The molecule has 1 aromatic carbocycles. The lowest BCUT2D eigenvalue weighted by Gasteiger charge is -2.20. The molecule has 3 heteroatoms. The van der Waals surface area contributed by atoms with Crippen molar-refractivity contribution in [1.29, 1.82) is 0 Å². The molecular formula is C14H23NOS. The van der Waals surface area contributed by atoms with Gasteiger partial charge in [0.15, 0.2) is 0 Å². The van der Waals surface area contributed by atoms with Crippen molar-refractivity contribution in [2.45, 2.75) is 39.3 Å². The van der Waals surface area contributed by atoms with E-state index >= 15 is 0 Å². The molecule has 0 fully saturated rings. The van der Waals surface area contributed by atoms with E-state index in [0.717, 1.165) is 12.0 Å². The molecule has 17 heavy (non-hydrogen) atoms. The van der Waals surface area contributed by atoms with E-state index in [0.29, 0.717) is 11.8 Å². The van der Waals surface area contributed by atoms with Gasteiger partial charge in [-0.25, -0.2) is 0 Å². The summed E-state index contributed by atoms with van der Waals surface area (Å²) in [4.78, 5) is 0. The first-order chi connectivity index (χ1) is 8.15. The summed E-state index contributed by atoms with van der Waals surface area (Å²) < 4.78 is 0. The molecule has 2 N–H and O–H groups in total. The van der Waals surface area contributed by atoms with Gasteiger partial charge in [0.1, 0.15) is 5.75 Å². The van der Waals surface area contributed by atoms with E-state index in [4.69, 9.17) is 0 Å². The Kier molecular flexibility index (Phi) is 6.45. The molecule has 0 aromatic heterocycles. The number of phenolic OH excluding ortho intramolecular Hbond substituents is 1. The van der Waals surface area contributed by atoms with Crippen LogP contribution in [0.3, 0.4) is 0 Å². The van der Waals surface area contributed by atoms with Crippen molar-refractivity contribution in [1.82, 2.24) is 5.32 Å². The van der Waals surface area contributed by atoms with Crippen LogP contribution in [0.2, 0.25) is 0 Å². The zero-order valence-electron chi connectivity index (χ0n) is 10.9. The maximum absolute atomic E-state index is 9.76. The standard InChI is InChI=1S/C14H23NOS/c1-4-17-10-9-11(2)15-12(3)13-7-5-6-8-14(13)16/h5-8,11-12,15-16H,4,9-10H2,1-3H3. The lowest BCUT2D eigenvalue weighted by atomic mass is 10.1. The highest BCUT2D eigenvalue weighted by Gasteiger charge is 2.12. The van der Waals surface area contributed by atoms with Gasteiger partial charge in [0, 0.05) is 17.6 Å². The van der Waals surface area contributed by atoms with Crippen LogP contribution < -0.4 is 5.32 Å². The quantitative estimate of drug-likeness (QED) is 0.729. The van der Waals surface area contributed by atoms with E-state index in [2.05, 4.69) is 26.1 Å². The van der Waals surface area contributed by atoms with Crippen molar-refractivity contribution >= 4 is 11.8 Å². The topological polar surface area (TPSA) is 32.3 Å². The first-order valence-corrected chi connectivity index (χ1v) is 7.42. The van der Waals surface area contributed by atoms with E-state index in [1.807, 2.05) is 30.0 Å². The summed E-state index contributed by atoms with van der Waals surface area (Å²) in [5.74, 6) is 2.75. The third-order valence-corrected chi connectivity index (χ3v) is 3.77. The number of hydrogen-bond donors (Lipinski definition) is 2. The highest BCUT2D eigenvalue weighted by atomic mass is 32.2. The molecule has 1 aromatic rings. The second-order valence-electron chi connectivity index (χ2n) is 4.33. The molecule has 2 atom stereocenters. The van der Waals surface area contributed by atoms with E-state index in [9.17, 15) is 5.11 Å². The molecule has 0 bridgehead atoms. The Morgan fingerprint density at radius 3 is 2.65 bits per heavy atom. The number of benzene rings is 1. The van der Waals surface area contributed by atoms with Gasteiger partial charge >= 0.3 is 0 Å². The number of thioether (sulfide) groups is 1. The number of rotatable bonds is 7. The van der Waals surface area contributed by atoms with Crippen LogP contribution in [0.25, 0.3) is 0 Å². The number of para-hydroxylation sites is 1. The van der Waals surface area contributed by atoms with Crippen LogP contribution in [0.1, 0.15) is 38.8 Å². The zero-order chi connectivity index (χ0) is 12.7. The fourth-order valence-electron chi connectivity index (χ4n) is 1.86. The fraction of sp³-hybridized carbons (Fsp3) is 0.571. The van der Waals surface area contributed by atoms with Gasteiger partial charge in [-0.05, 0) is 37.8 Å². The zero-order valence-corrected chi connectivity index (χ0v) is 11.8. The number of phenols is 1. The lowest BCUT2D eigenvalue weighted by Crippen LogP contribution is -2.29. The van der Waals surface area contributed by atoms with Gasteiger partial charge in [-0.2, -0.15) is 11.8 Å². The van der Waals surface area contributed by atoms with Gasteiger partial charge in [-0.3, -0.25) is 0 Å². The first-order valence-electron chi connectivity index (χ1n) is 6.26. The highest BCUT2D eigenvalue weighted by Crippen LogP contribution is 2.23. The molecule has 0 amide bonds. The summed E-state index contributed by atoms with van der Waals surface area (Å²) in [6.45, 7) is 6.48. The average molecular weight is 253 g/mol. The van der Waals surface area contributed by atoms with Gasteiger partial charge < -0.3 is 10.4 Å². The van der Waals surface area contributed by atoms with Gasteiger partial charge in [0.05, 0.1) is 0 Å². The summed E-state index contributed by atoms with van der Waals surface area (Å²) in [5.41, 5.74) is 0.975. The van der Waals surface area contributed by atoms with E-state index in [1.165, 1.54) is 11.5 Å². The Hall–Kier alpha value is -0.670. The Labute approximate surface area is 109 Å². The normalized spacial score (nSPS) is 14.5. The molecule has 0 saturated carbocycles. The van der Waals surface area contributed by atoms with Crippen LogP contribution in [0.15, 0.2) is 24.3 Å². The second-order valence-corrected chi connectivity index (χ2v) is 5.73. The number of nitrogens with one attached hydrogen (secondary N) is 1. The molecule has 0 saturated heterocycles. The molecule has 96 valence electrons. The van der Waals surface area contributed by atoms with Crippen LogP contribution in [0.5, 0.6) is 5.75 Å². The Balaban J connectivity index is 2.43. The van der Waals surface area contributed by atoms with E-state index in [-0.39, 0.29) is 6.04 Å². The van der Waals surface area contributed by atoms with Gasteiger partial charge in [0.2, 0.25) is 0 Å². The number of aromatic hydroxyl groups is 1. The maximum Gasteiger partial charge on any atom is 0.120 e. The average Bonchev–Trinajstić information content (AvgIpc) is 2.29. The van der Waals surface area contributed by atoms with Crippen LogP contribution in [-0.4, -0.2) is 22.7 Å². The van der Waals surface area contributed by atoms with E-state index in [1.54, 1.807) is 6.07 Å². The summed E-state index contributed by atoms with van der Waals surface area (Å²) in [7, 11) is 0. The molecule has 0 aliphatic carbocycles. The lowest BCUT2D eigenvalue weighted by molar-refractivity contribution is 0.431. The van der Waals surface area contributed by atoms with Gasteiger partial charge in [0.25, 0.3) is 0 Å². The second kappa shape index (κ2) is 7.62. The molecule has 0 spiro atoms. The maximum atomic E-state index is 9.76. The predicted octanol–water partition coefficient (Wildman–Crippen LogP) is 3.57. The van der Waals surface area contributed by atoms with Crippen molar-refractivity contribution in [3.05, 3.63) is 29.8 Å². The van der Waals surface area contributed by atoms with Gasteiger partial charge in [-0.15, -0.1) is 0 Å². The monoisotopic (exact) mass is 253 g/mol. The summed E-state index contributed by atoms with van der Waals surface area (Å²) in [5, 5.41) is 13.3. The molecule has 2 nitrogen and oxygen atoms in total. The molecular weight excluding hydrogens is 230 g/mol. The Bertz CT molecular complexity index is 330. The Morgan fingerprint density at radius 2 is 2.00 bits per heavy atom. The van der Waals surface area contributed by atoms with Crippen molar-refractivity contribution in [3.63, 3.8) is 0 Å². The van der Waals surface area contributed by atoms with Crippen molar-refractivity contribution in [2.75, 3.05) is 11.5 Å². The van der Waals surface area contributed by atoms with Crippen LogP contribution in [0, 0.1) is 0 Å². The molecule has 0 aliphatic heterocycles. The van der Waals surface area contributed by atoms with Crippen molar-refractivity contribution in [3.8, 4) is 5.75 Å². The molecule has 0 radical (unpaired) electrons. The molecule has 2 unspecified atom stereocenters. The van der Waals surface area contributed by atoms with Crippen LogP contribution in [0.4, 0.5) is 0 Å². The third-order valence-electron chi connectivity index (χ3n) is 2.84. The Morgan fingerprint density at radius 1 is 1.29 bits per heavy atom.